The van der Waals surface area contributed by atoms with Gasteiger partial charge in [0.1, 0.15) is 5.75 Å². The number of phenolic OH excluding ortho intramolecular Hbond substituents is 1. The van der Waals surface area contributed by atoms with Crippen molar-refractivity contribution >= 4 is 13.7 Å². The fourth-order valence-electron chi connectivity index (χ4n) is 2.08. The summed E-state index contributed by atoms with van der Waals surface area (Å²) in [5, 5.41) is 10.6. The lowest BCUT2D eigenvalue weighted by molar-refractivity contribution is 0.179. The molecule has 0 bridgehead atoms. The van der Waals surface area contributed by atoms with Gasteiger partial charge in [0.2, 0.25) is 0 Å². The van der Waals surface area contributed by atoms with Gasteiger partial charge in [-0.2, -0.15) is 0 Å². The van der Waals surface area contributed by atoms with Gasteiger partial charge in [-0.15, -0.1) is 0 Å². The van der Waals surface area contributed by atoms with Crippen LogP contribution in [0.25, 0.3) is 0 Å². The van der Waals surface area contributed by atoms with Crippen LogP contribution in [0, 0.1) is 0 Å². The summed E-state index contributed by atoms with van der Waals surface area (Å²) in [4.78, 5) is 0. The molecule has 1 aromatic carbocycles. The molecule has 0 amide bonds. The molecule has 0 saturated carbocycles. The maximum Gasteiger partial charge on any atom is 0.372 e. The Morgan fingerprint density at radius 2 is 1.42 bits per heavy atom. The molecule has 3 nitrogen and oxygen atoms in total. The van der Waals surface area contributed by atoms with E-state index in [2.05, 4.69) is 20.8 Å². The Morgan fingerprint density at radius 1 is 0.895 bits per heavy atom. The summed E-state index contributed by atoms with van der Waals surface area (Å²) in [5.41, 5.74) is 0. The number of aromatic hydroxyl groups is 1. The third-order valence-electron chi connectivity index (χ3n) is 2.96. The zero-order valence-corrected chi connectivity index (χ0v) is 13.3. The second-order valence-electron chi connectivity index (χ2n) is 4.75. The normalized spacial score (nSPS) is 11.7. The molecular formula is C15H26O3Si. The third-order valence-corrected chi connectivity index (χ3v) is 6.68. The van der Waals surface area contributed by atoms with Crippen molar-refractivity contribution < 1.29 is 14.0 Å². The fraction of sp³-hybridized carbons (Fsp3) is 0.600. The number of phenols is 1. The first-order valence-electron chi connectivity index (χ1n) is 7.26. The van der Waals surface area contributed by atoms with E-state index in [0.29, 0.717) is 0 Å². The van der Waals surface area contributed by atoms with Crippen LogP contribution in [0.1, 0.15) is 40.0 Å². The summed E-state index contributed by atoms with van der Waals surface area (Å²) in [6.45, 7) is 7.85. The molecule has 19 heavy (non-hydrogen) atoms. The Morgan fingerprint density at radius 3 is 1.84 bits per heavy atom. The molecule has 0 atom stereocenters. The van der Waals surface area contributed by atoms with Gasteiger partial charge in [-0.05, 0) is 36.2 Å². The minimum Gasteiger partial charge on any atom is -0.508 e. The van der Waals surface area contributed by atoms with Gasteiger partial charge in [0.25, 0.3) is 0 Å². The highest BCUT2D eigenvalue weighted by Crippen LogP contribution is 2.19. The smallest absolute Gasteiger partial charge is 0.372 e. The minimum atomic E-state index is -2.35. The first kappa shape index (κ1) is 16.2. The van der Waals surface area contributed by atoms with Crippen molar-refractivity contribution in [3.05, 3.63) is 24.3 Å². The van der Waals surface area contributed by atoms with Crippen molar-refractivity contribution in [3.63, 3.8) is 0 Å². The minimum absolute atomic E-state index is 0.286. The highest BCUT2D eigenvalue weighted by molar-refractivity contribution is 6.81. The molecular weight excluding hydrogens is 256 g/mol. The fourth-order valence-corrected chi connectivity index (χ4v) is 5.47. The monoisotopic (exact) mass is 282 g/mol. The highest BCUT2D eigenvalue weighted by atomic mass is 28.4. The van der Waals surface area contributed by atoms with E-state index < -0.39 is 8.56 Å². The van der Waals surface area contributed by atoms with Crippen LogP contribution in [-0.2, 0) is 8.85 Å². The van der Waals surface area contributed by atoms with Gasteiger partial charge in [-0.3, -0.25) is 0 Å². The molecule has 108 valence electrons. The van der Waals surface area contributed by atoms with E-state index in [1.54, 1.807) is 12.1 Å². The van der Waals surface area contributed by atoms with Crippen LogP contribution < -0.4 is 5.19 Å². The van der Waals surface area contributed by atoms with Crippen LogP contribution in [-0.4, -0.2) is 26.9 Å². The van der Waals surface area contributed by atoms with Gasteiger partial charge in [-0.25, -0.2) is 0 Å². The van der Waals surface area contributed by atoms with E-state index in [1.165, 1.54) is 0 Å². The van der Waals surface area contributed by atoms with Crippen molar-refractivity contribution in [2.75, 3.05) is 13.2 Å². The number of rotatable bonds is 9. The SMILES string of the molecule is CCCO[Si](CCC)(OCCC)c1ccc(O)cc1. The van der Waals surface area contributed by atoms with Gasteiger partial charge >= 0.3 is 8.56 Å². The van der Waals surface area contributed by atoms with E-state index in [-0.39, 0.29) is 5.75 Å². The lowest BCUT2D eigenvalue weighted by atomic mass is 10.3. The van der Waals surface area contributed by atoms with Crippen molar-refractivity contribution in [3.8, 4) is 5.75 Å². The van der Waals surface area contributed by atoms with E-state index in [0.717, 1.165) is 43.7 Å². The molecule has 0 aliphatic carbocycles. The molecule has 0 radical (unpaired) electrons. The number of hydrogen-bond donors (Lipinski definition) is 1. The molecule has 0 aliphatic rings. The Bertz CT molecular complexity index is 343. The Labute approximate surface area is 117 Å². The quantitative estimate of drug-likeness (QED) is 0.706. The third kappa shape index (κ3) is 4.64. The van der Waals surface area contributed by atoms with Crippen molar-refractivity contribution in [1.29, 1.82) is 0 Å². The van der Waals surface area contributed by atoms with Crippen LogP contribution in [0.3, 0.4) is 0 Å². The molecule has 0 aliphatic heterocycles. The molecule has 0 heterocycles. The van der Waals surface area contributed by atoms with E-state index in [9.17, 15) is 5.11 Å². The van der Waals surface area contributed by atoms with Crippen LogP contribution >= 0.6 is 0 Å². The van der Waals surface area contributed by atoms with Crippen LogP contribution in [0.4, 0.5) is 0 Å². The predicted octanol–water partition coefficient (Wildman–Crippen LogP) is 3.30. The second-order valence-corrected chi connectivity index (χ2v) is 7.91. The Kier molecular flexibility index (Phi) is 7.13. The molecule has 0 saturated heterocycles. The first-order chi connectivity index (χ1) is 9.18. The van der Waals surface area contributed by atoms with Gasteiger partial charge < -0.3 is 14.0 Å². The maximum absolute atomic E-state index is 9.44. The van der Waals surface area contributed by atoms with Crippen molar-refractivity contribution in [2.45, 2.75) is 46.1 Å². The second kappa shape index (κ2) is 8.35. The van der Waals surface area contributed by atoms with Crippen molar-refractivity contribution in [2.24, 2.45) is 0 Å². The summed E-state index contributed by atoms with van der Waals surface area (Å²) in [7, 11) is -2.35. The Balaban J connectivity index is 3.00. The summed E-state index contributed by atoms with van der Waals surface area (Å²) in [5.74, 6) is 0.286. The molecule has 0 spiro atoms. The number of benzene rings is 1. The van der Waals surface area contributed by atoms with Gasteiger partial charge in [0.15, 0.2) is 0 Å². The molecule has 1 rings (SSSR count). The zero-order chi connectivity index (χ0) is 14.1. The van der Waals surface area contributed by atoms with Crippen molar-refractivity contribution in [1.82, 2.24) is 0 Å². The largest absolute Gasteiger partial charge is 0.508 e. The van der Waals surface area contributed by atoms with E-state index >= 15 is 0 Å². The summed E-state index contributed by atoms with van der Waals surface area (Å²) in [6, 6.07) is 8.29. The molecule has 1 aromatic rings. The average molecular weight is 282 g/mol. The van der Waals surface area contributed by atoms with Crippen LogP contribution in [0.15, 0.2) is 24.3 Å². The Hall–Kier alpha value is -0.843. The van der Waals surface area contributed by atoms with Crippen LogP contribution in [0.5, 0.6) is 5.75 Å². The highest BCUT2D eigenvalue weighted by Gasteiger charge is 2.39. The predicted molar refractivity (Wildman–Crippen MR) is 81.1 cm³/mol. The topological polar surface area (TPSA) is 38.7 Å². The molecule has 1 N–H and O–H groups in total. The lowest BCUT2D eigenvalue weighted by Gasteiger charge is -2.31. The molecule has 0 aromatic heterocycles. The van der Waals surface area contributed by atoms with E-state index in [4.69, 9.17) is 8.85 Å². The summed E-state index contributed by atoms with van der Waals surface area (Å²) in [6.07, 6.45) is 3.03. The molecule has 0 unspecified atom stereocenters. The number of hydrogen-bond acceptors (Lipinski definition) is 3. The van der Waals surface area contributed by atoms with Gasteiger partial charge in [-0.1, -0.05) is 39.3 Å². The molecule has 0 fully saturated rings. The van der Waals surface area contributed by atoms with Crippen LogP contribution in [0.2, 0.25) is 6.04 Å². The lowest BCUT2D eigenvalue weighted by Crippen LogP contribution is -2.54. The first-order valence-corrected chi connectivity index (χ1v) is 9.28. The summed E-state index contributed by atoms with van der Waals surface area (Å²) >= 11 is 0. The van der Waals surface area contributed by atoms with Gasteiger partial charge in [0.05, 0.1) is 0 Å². The van der Waals surface area contributed by atoms with E-state index in [1.807, 2.05) is 12.1 Å². The van der Waals surface area contributed by atoms with Gasteiger partial charge in [0, 0.05) is 13.2 Å². The maximum atomic E-state index is 9.44. The zero-order valence-electron chi connectivity index (χ0n) is 12.3. The standard InChI is InChI=1S/C15H26O3Si/c1-4-11-17-19(13-6-3,18-12-5-2)15-9-7-14(16)8-10-15/h7-10,16H,4-6,11-13H2,1-3H3. The summed E-state index contributed by atoms with van der Waals surface area (Å²) < 4.78 is 12.4. The molecule has 4 heteroatoms. The average Bonchev–Trinajstić information content (AvgIpc) is 2.43.